The zero-order valence-corrected chi connectivity index (χ0v) is 16.1. The lowest BCUT2D eigenvalue weighted by atomic mass is 10.1. The summed E-state index contributed by atoms with van der Waals surface area (Å²) in [5.74, 6) is 0.873. The highest BCUT2D eigenvalue weighted by Gasteiger charge is 2.25. The van der Waals surface area contributed by atoms with E-state index in [1.807, 2.05) is 38.6 Å². The topological polar surface area (TPSA) is 85.4 Å². The van der Waals surface area contributed by atoms with Gasteiger partial charge in [-0.3, -0.25) is 9.67 Å². The second-order valence-electron chi connectivity index (χ2n) is 6.66. The molecule has 146 valence electrons. The fourth-order valence-electron chi connectivity index (χ4n) is 3.27. The summed E-state index contributed by atoms with van der Waals surface area (Å²) in [6, 6.07) is 8.22. The molecule has 1 unspecified atom stereocenters. The van der Waals surface area contributed by atoms with E-state index in [-0.39, 0.29) is 6.10 Å². The number of guanidine groups is 1. The van der Waals surface area contributed by atoms with Crippen LogP contribution in [0.2, 0.25) is 0 Å². The van der Waals surface area contributed by atoms with Gasteiger partial charge in [-0.15, -0.1) is 0 Å². The van der Waals surface area contributed by atoms with Crippen LogP contribution in [0.1, 0.15) is 17.2 Å². The molecule has 0 radical (unpaired) electrons. The van der Waals surface area contributed by atoms with Crippen molar-refractivity contribution in [1.82, 2.24) is 34.8 Å². The second-order valence-corrected chi connectivity index (χ2v) is 6.66. The number of morpholine rings is 1. The highest BCUT2D eigenvalue weighted by Crippen LogP contribution is 2.21. The van der Waals surface area contributed by atoms with Gasteiger partial charge in [0.05, 0.1) is 25.0 Å². The molecule has 28 heavy (non-hydrogen) atoms. The summed E-state index contributed by atoms with van der Waals surface area (Å²) in [6.45, 7) is 2.91. The van der Waals surface area contributed by atoms with Crippen molar-refractivity contribution in [2.45, 2.75) is 12.6 Å². The summed E-state index contributed by atoms with van der Waals surface area (Å²) >= 11 is 0. The number of hydrogen-bond acceptors (Lipinski definition) is 5. The van der Waals surface area contributed by atoms with Crippen LogP contribution in [-0.4, -0.2) is 62.1 Å². The molecule has 1 aliphatic rings. The maximum Gasteiger partial charge on any atom is 0.194 e. The van der Waals surface area contributed by atoms with Crippen molar-refractivity contribution in [3.8, 4) is 5.69 Å². The highest BCUT2D eigenvalue weighted by molar-refractivity contribution is 5.80. The Morgan fingerprint density at radius 3 is 2.82 bits per heavy atom. The van der Waals surface area contributed by atoms with E-state index in [0.717, 1.165) is 30.3 Å². The lowest BCUT2D eigenvalue weighted by Crippen LogP contribution is -2.47. The lowest BCUT2D eigenvalue weighted by Gasteiger charge is -2.34. The number of aryl methyl sites for hydroxylation is 1. The average Bonchev–Trinajstić information content (AvgIpc) is 3.41. The van der Waals surface area contributed by atoms with Gasteiger partial charge in [0, 0.05) is 38.9 Å². The minimum atomic E-state index is 0.00274. The summed E-state index contributed by atoms with van der Waals surface area (Å²) in [5.41, 5.74) is 3.24. The summed E-state index contributed by atoms with van der Waals surface area (Å²) < 4.78 is 9.46. The Hall–Kier alpha value is -3.20. The number of ether oxygens (including phenoxy) is 1. The third-order valence-electron chi connectivity index (χ3n) is 4.74. The van der Waals surface area contributed by atoms with Crippen LogP contribution in [0.25, 0.3) is 5.69 Å². The minimum absolute atomic E-state index is 0.00274. The van der Waals surface area contributed by atoms with Crippen molar-refractivity contribution in [3.05, 3.63) is 60.4 Å². The van der Waals surface area contributed by atoms with E-state index in [1.54, 1.807) is 15.7 Å². The predicted octanol–water partition coefficient (Wildman–Crippen LogP) is 1.15. The Kier molecular flexibility index (Phi) is 5.34. The fourth-order valence-corrected chi connectivity index (χ4v) is 3.27. The first-order chi connectivity index (χ1) is 13.7. The van der Waals surface area contributed by atoms with Crippen molar-refractivity contribution < 1.29 is 4.74 Å². The van der Waals surface area contributed by atoms with Gasteiger partial charge < -0.3 is 15.0 Å². The molecule has 9 nitrogen and oxygen atoms in total. The third-order valence-corrected chi connectivity index (χ3v) is 4.74. The molecule has 0 amide bonds. The first-order valence-electron chi connectivity index (χ1n) is 9.22. The first kappa shape index (κ1) is 18.2. The standard InChI is InChI=1S/C19H24N8O/c1-20-19(26-7-8-28-18(12-26)16-10-23-25(2)11-16)22-9-15-3-5-17(6-4-15)27-14-21-13-24-27/h3-6,10-11,13-14,18H,7-9,12H2,1-2H3,(H,20,22). The highest BCUT2D eigenvalue weighted by atomic mass is 16.5. The van der Waals surface area contributed by atoms with Gasteiger partial charge in [-0.05, 0) is 17.7 Å². The van der Waals surface area contributed by atoms with Crippen LogP contribution >= 0.6 is 0 Å². The summed E-state index contributed by atoms with van der Waals surface area (Å²) in [6.07, 6.45) is 7.08. The van der Waals surface area contributed by atoms with E-state index in [0.29, 0.717) is 13.2 Å². The molecule has 1 saturated heterocycles. The number of nitrogens with one attached hydrogen (secondary N) is 1. The van der Waals surface area contributed by atoms with E-state index in [1.165, 1.54) is 11.9 Å². The summed E-state index contributed by atoms with van der Waals surface area (Å²) in [5, 5.41) is 11.8. The van der Waals surface area contributed by atoms with E-state index < -0.39 is 0 Å². The van der Waals surface area contributed by atoms with Crippen molar-refractivity contribution in [2.24, 2.45) is 12.0 Å². The number of hydrogen-bond donors (Lipinski definition) is 1. The third kappa shape index (κ3) is 4.04. The van der Waals surface area contributed by atoms with Gasteiger partial charge in [-0.2, -0.15) is 10.2 Å². The van der Waals surface area contributed by atoms with Crippen LogP contribution in [-0.2, 0) is 18.3 Å². The molecular weight excluding hydrogens is 356 g/mol. The van der Waals surface area contributed by atoms with Crippen LogP contribution in [0.4, 0.5) is 0 Å². The summed E-state index contributed by atoms with van der Waals surface area (Å²) in [7, 11) is 3.73. The molecule has 1 aromatic carbocycles. The molecule has 2 aromatic heterocycles. The molecule has 1 fully saturated rings. The summed E-state index contributed by atoms with van der Waals surface area (Å²) in [4.78, 5) is 10.7. The van der Waals surface area contributed by atoms with Gasteiger partial charge in [0.2, 0.25) is 0 Å². The molecule has 0 spiro atoms. The van der Waals surface area contributed by atoms with Crippen LogP contribution in [0.5, 0.6) is 0 Å². The molecule has 1 N–H and O–H groups in total. The van der Waals surface area contributed by atoms with E-state index in [2.05, 4.69) is 42.5 Å². The number of rotatable bonds is 4. The van der Waals surface area contributed by atoms with E-state index in [9.17, 15) is 0 Å². The van der Waals surface area contributed by atoms with E-state index in [4.69, 9.17) is 4.74 Å². The van der Waals surface area contributed by atoms with Crippen molar-refractivity contribution >= 4 is 5.96 Å². The van der Waals surface area contributed by atoms with E-state index >= 15 is 0 Å². The zero-order chi connectivity index (χ0) is 19.3. The SMILES string of the molecule is CN=C(NCc1ccc(-n2cncn2)cc1)N1CCOC(c2cnn(C)c2)C1. The van der Waals surface area contributed by atoms with Crippen LogP contribution < -0.4 is 5.32 Å². The average molecular weight is 380 g/mol. The van der Waals surface area contributed by atoms with Gasteiger partial charge >= 0.3 is 0 Å². The Bertz CT molecular complexity index is 916. The van der Waals surface area contributed by atoms with Crippen molar-refractivity contribution in [3.63, 3.8) is 0 Å². The normalized spacial score (nSPS) is 17.7. The molecule has 1 atom stereocenters. The largest absolute Gasteiger partial charge is 0.370 e. The maximum absolute atomic E-state index is 5.92. The van der Waals surface area contributed by atoms with Crippen LogP contribution in [0, 0.1) is 0 Å². The second kappa shape index (κ2) is 8.22. The Balaban J connectivity index is 1.36. The van der Waals surface area contributed by atoms with Gasteiger partial charge in [-0.25, -0.2) is 9.67 Å². The minimum Gasteiger partial charge on any atom is -0.370 e. The van der Waals surface area contributed by atoms with Gasteiger partial charge in [0.1, 0.15) is 18.8 Å². The molecular formula is C19H24N8O. The number of benzene rings is 1. The smallest absolute Gasteiger partial charge is 0.194 e. The number of nitrogens with zero attached hydrogens (tertiary/aromatic N) is 7. The Morgan fingerprint density at radius 2 is 2.14 bits per heavy atom. The van der Waals surface area contributed by atoms with Gasteiger partial charge in [-0.1, -0.05) is 12.1 Å². The zero-order valence-electron chi connectivity index (χ0n) is 16.1. The van der Waals surface area contributed by atoms with Crippen LogP contribution in [0.15, 0.2) is 54.3 Å². The quantitative estimate of drug-likeness (QED) is 0.540. The molecule has 0 bridgehead atoms. The predicted molar refractivity (Wildman–Crippen MR) is 105 cm³/mol. The molecule has 0 saturated carbocycles. The van der Waals surface area contributed by atoms with Gasteiger partial charge in [0.25, 0.3) is 0 Å². The molecule has 1 aliphatic heterocycles. The maximum atomic E-state index is 5.92. The monoisotopic (exact) mass is 380 g/mol. The molecule has 3 aromatic rings. The van der Waals surface area contributed by atoms with Gasteiger partial charge in [0.15, 0.2) is 5.96 Å². The molecule has 9 heteroatoms. The Labute approximate surface area is 163 Å². The van der Waals surface area contributed by atoms with Crippen molar-refractivity contribution in [1.29, 1.82) is 0 Å². The molecule has 4 rings (SSSR count). The molecule has 3 heterocycles. The fraction of sp³-hybridized carbons (Fsp3) is 0.368. The Morgan fingerprint density at radius 1 is 1.29 bits per heavy atom. The lowest BCUT2D eigenvalue weighted by molar-refractivity contribution is -0.00805. The number of aromatic nitrogens is 5. The van der Waals surface area contributed by atoms with Crippen molar-refractivity contribution in [2.75, 3.05) is 26.7 Å². The first-order valence-corrected chi connectivity index (χ1v) is 9.22. The van der Waals surface area contributed by atoms with Crippen LogP contribution in [0.3, 0.4) is 0 Å². The molecule has 0 aliphatic carbocycles. The number of aliphatic imine (C=N–C) groups is 1.